The van der Waals surface area contributed by atoms with Gasteiger partial charge in [0, 0.05) is 5.69 Å². The van der Waals surface area contributed by atoms with Gasteiger partial charge in [-0.25, -0.2) is 9.97 Å². The van der Waals surface area contributed by atoms with Gasteiger partial charge in [-0.15, -0.1) is 0 Å². The SMILES string of the molecule is CCSc1ncc(Cl)c(C(=O)N[C@H](CCSC)C(=O)Nc2ccc(OC)cc2)n1. The normalized spacial score (nSPS) is 11.6. The molecule has 2 rings (SSSR count). The molecule has 0 spiro atoms. The summed E-state index contributed by atoms with van der Waals surface area (Å²) in [6.45, 7) is 1.96. The molecule has 0 radical (unpaired) electrons. The monoisotopic (exact) mass is 454 g/mol. The van der Waals surface area contributed by atoms with E-state index in [-0.39, 0.29) is 16.6 Å². The molecule has 10 heteroatoms. The van der Waals surface area contributed by atoms with Crippen molar-refractivity contribution >= 4 is 52.6 Å². The van der Waals surface area contributed by atoms with E-state index in [0.717, 1.165) is 5.75 Å². The summed E-state index contributed by atoms with van der Waals surface area (Å²) in [6, 6.07) is 6.24. The number of amides is 2. The molecule has 0 fully saturated rings. The van der Waals surface area contributed by atoms with Crippen LogP contribution in [0.3, 0.4) is 0 Å². The molecule has 2 amide bonds. The third kappa shape index (κ3) is 7.09. The van der Waals surface area contributed by atoms with Crippen LogP contribution in [0.2, 0.25) is 5.02 Å². The van der Waals surface area contributed by atoms with Gasteiger partial charge in [-0.3, -0.25) is 9.59 Å². The molecule has 7 nitrogen and oxygen atoms in total. The lowest BCUT2D eigenvalue weighted by atomic mass is 10.2. The first-order valence-corrected chi connectivity index (χ1v) is 11.6. The minimum Gasteiger partial charge on any atom is -0.497 e. The fraction of sp³-hybridized carbons (Fsp3) is 0.368. The van der Waals surface area contributed by atoms with E-state index < -0.39 is 11.9 Å². The fourth-order valence-corrected chi connectivity index (χ4v) is 3.53. The number of nitrogens with zero attached hydrogens (tertiary/aromatic N) is 2. The zero-order valence-electron chi connectivity index (χ0n) is 16.4. The van der Waals surface area contributed by atoms with E-state index in [1.807, 2.05) is 13.2 Å². The molecule has 0 bridgehead atoms. The summed E-state index contributed by atoms with van der Waals surface area (Å²) in [7, 11) is 1.57. The maximum Gasteiger partial charge on any atom is 0.272 e. The Morgan fingerprint density at radius 1 is 1.28 bits per heavy atom. The topological polar surface area (TPSA) is 93.2 Å². The zero-order valence-corrected chi connectivity index (χ0v) is 18.8. The average molecular weight is 455 g/mol. The number of anilines is 1. The van der Waals surface area contributed by atoms with E-state index in [0.29, 0.717) is 28.8 Å². The van der Waals surface area contributed by atoms with Crippen LogP contribution >= 0.6 is 35.1 Å². The van der Waals surface area contributed by atoms with Gasteiger partial charge in [0.15, 0.2) is 10.9 Å². The molecule has 29 heavy (non-hydrogen) atoms. The first-order chi connectivity index (χ1) is 14.0. The molecule has 0 aliphatic rings. The average Bonchev–Trinajstić information content (AvgIpc) is 2.73. The maximum absolute atomic E-state index is 12.8. The summed E-state index contributed by atoms with van der Waals surface area (Å²) < 4.78 is 5.12. The second-order valence-electron chi connectivity index (χ2n) is 5.81. The van der Waals surface area contributed by atoms with Crippen molar-refractivity contribution in [2.75, 3.05) is 30.2 Å². The number of nitrogens with one attached hydrogen (secondary N) is 2. The van der Waals surface area contributed by atoms with Crippen LogP contribution in [-0.4, -0.2) is 52.7 Å². The lowest BCUT2D eigenvalue weighted by Crippen LogP contribution is -2.44. The summed E-state index contributed by atoms with van der Waals surface area (Å²) in [5.41, 5.74) is 0.671. The summed E-state index contributed by atoms with van der Waals surface area (Å²) in [5, 5.41) is 6.17. The highest BCUT2D eigenvalue weighted by Crippen LogP contribution is 2.19. The number of methoxy groups -OCH3 is 1. The van der Waals surface area contributed by atoms with Gasteiger partial charge in [0.2, 0.25) is 5.91 Å². The van der Waals surface area contributed by atoms with Crippen LogP contribution in [0.15, 0.2) is 35.6 Å². The van der Waals surface area contributed by atoms with Gasteiger partial charge < -0.3 is 15.4 Å². The number of hydrogen-bond donors (Lipinski definition) is 2. The number of rotatable bonds is 10. The predicted molar refractivity (Wildman–Crippen MR) is 119 cm³/mol. The summed E-state index contributed by atoms with van der Waals surface area (Å²) in [5.74, 6) is 1.34. The minimum atomic E-state index is -0.731. The third-order valence-corrected chi connectivity index (χ3v) is 5.46. The molecule has 1 heterocycles. The van der Waals surface area contributed by atoms with Crippen molar-refractivity contribution in [2.45, 2.75) is 24.5 Å². The van der Waals surface area contributed by atoms with Gasteiger partial charge in [-0.1, -0.05) is 30.3 Å². The molecule has 2 N–H and O–H groups in total. The highest BCUT2D eigenvalue weighted by Gasteiger charge is 2.24. The van der Waals surface area contributed by atoms with Crippen LogP contribution in [-0.2, 0) is 4.79 Å². The lowest BCUT2D eigenvalue weighted by molar-refractivity contribution is -0.118. The Labute approximate surface area is 183 Å². The largest absolute Gasteiger partial charge is 0.497 e. The lowest BCUT2D eigenvalue weighted by Gasteiger charge is -2.18. The number of thioether (sulfide) groups is 2. The zero-order chi connectivity index (χ0) is 21.2. The van der Waals surface area contributed by atoms with Gasteiger partial charge in [-0.05, 0) is 48.4 Å². The van der Waals surface area contributed by atoms with E-state index in [1.54, 1.807) is 43.1 Å². The van der Waals surface area contributed by atoms with Crippen molar-refractivity contribution in [3.63, 3.8) is 0 Å². The van der Waals surface area contributed by atoms with Crippen LogP contribution in [0.25, 0.3) is 0 Å². The number of halogens is 1. The molecule has 0 unspecified atom stereocenters. The van der Waals surface area contributed by atoms with Crippen LogP contribution in [0.5, 0.6) is 5.75 Å². The third-order valence-electron chi connectivity index (χ3n) is 3.80. The predicted octanol–water partition coefficient (Wildman–Crippen LogP) is 3.74. The Bertz CT molecular complexity index is 837. The maximum atomic E-state index is 12.8. The first kappa shape index (κ1) is 23.3. The smallest absolute Gasteiger partial charge is 0.272 e. The Morgan fingerprint density at radius 2 is 2.00 bits per heavy atom. The van der Waals surface area contributed by atoms with Gasteiger partial charge >= 0.3 is 0 Å². The molecule has 0 aliphatic heterocycles. The quantitative estimate of drug-likeness (QED) is 0.417. The van der Waals surface area contributed by atoms with E-state index >= 15 is 0 Å². The first-order valence-electron chi connectivity index (χ1n) is 8.88. The van der Waals surface area contributed by atoms with Crippen molar-refractivity contribution in [3.05, 3.63) is 41.2 Å². The molecule has 1 atom stereocenters. The Kier molecular flexibility index (Phi) is 9.56. The van der Waals surface area contributed by atoms with Crippen molar-refractivity contribution in [3.8, 4) is 5.75 Å². The molecular weight excluding hydrogens is 432 g/mol. The molecule has 0 aliphatic carbocycles. The highest BCUT2D eigenvalue weighted by atomic mass is 35.5. The molecular formula is C19H23ClN4O3S2. The fourth-order valence-electron chi connectivity index (χ4n) is 2.34. The second-order valence-corrected chi connectivity index (χ2v) is 8.43. The second kappa shape index (κ2) is 11.9. The summed E-state index contributed by atoms with van der Waals surface area (Å²) >= 11 is 9.10. The number of carbonyl (C=O) groups is 2. The molecule has 1 aromatic carbocycles. The van der Waals surface area contributed by atoms with Crippen molar-refractivity contribution < 1.29 is 14.3 Å². The Hall–Kier alpha value is -1.97. The van der Waals surface area contributed by atoms with E-state index in [4.69, 9.17) is 16.3 Å². The summed E-state index contributed by atoms with van der Waals surface area (Å²) in [4.78, 5) is 33.8. The van der Waals surface area contributed by atoms with Gasteiger partial charge in [0.1, 0.15) is 11.8 Å². The van der Waals surface area contributed by atoms with Gasteiger partial charge in [0.25, 0.3) is 5.91 Å². The number of benzene rings is 1. The minimum absolute atomic E-state index is 0.0593. The van der Waals surface area contributed by atoms with Crippen LogP contribution in [0.1, 0.15) is 23.8 Å². The van der Waals surface area contributed by atoms with E-state index in [9.17, 15) is 9.59 Å². The van der Waals surface area contributed by atoms with Crippen molar-refractivity contribution in [1.82, 2.24) is 15.3 Å². The summed E-state index contributed by atoms with van der Waals surface area (Å²) in [6.07, 6.45) is 3.81. The number of carbonyl (C=O) groups excluding carboxylic acids is 2. The van der Waals surface area contributed by atoms with Crippen molar-refractivity contribution in [1.29, 1.82) is 0 Å². The number of aromatic nitrogens is 2. The van der Waals surface area contributed by atoms with Gasteiger partial charge in [0.05, 0.1) is 18.3 Å². The number of ether oxygens (including phenoxy) is 1. The van der Waals surface area contributed by atoms with Gasteiger partial charge in [-0.2, -0.15) is 11.8 Å². The van der Waals surface area contributed by atoms with E-state index in [1.165, 1.54) is 18.0 Å². The highest BCUT2D eigenvalue weighted by molar-refractivity contribution is 7.99. The molecule has 2 aromatic rings. The molecule has 0 saturated heterocycles. The van der Waals surface area contributed by atoms with Crippen LogP contribution in [0.4, 0.5) is 5.69 Å². The number of hydrogen-bond acceptors (Lipinski definition) is 7. The molecule has 1 aromatic heterocycles. The van der Waals surface area contributed by atoms with Crippen LogP contribution < -0.4 is 15.4 Å². The standard InChI is InChI=1S/C19H23ClN4O3S2/c1-4-29-19-21-11-14(20)16(24-19)18(26)23-15(9-10-28-3)17(25)22-12-5-7-13(27-2)8-6-12/h5-8,11,15H,4,9-10H2,1-3H3,(H,22,25)(H,23,26)/t15-/m1/s1. The van der Waals surface area contributed by atoms with Crippen molar-refractivity contribution in [2.24, 2.45) is 0 Å². The van der Waals surface area contributed by atoms with Crippen LogP contribution in [0, 0.1) is 0 Å². The molecule has 0 saturated carbocycles. The Morgan fingerprint density at radius 3 is 2.62 bits per heavy atom. The molecule has 156 valence electrons. The Balaban J connectivity index is 2.13. The van der Waals surface area contributed by atoms with E-state index in [2.05, 4.69) is 20.6 Å².